The Morgan fingerprint density at radius 1 is 1.35 bits per heavy atom. The SMILES string of the molecule is CNc1ncnc(NCC2(CCO)CCNCC2)c1F. The summed E-state index contributed by atoms with van der Waals surface area (Å²) in [6.07, 6.45) is 3.98. The van der Waals surface area contributed by atoms with Gasteiger partial charge in [0, 0.05) is 20.2 Å². The molecule has 1 aromatic heterocycles. The second kappa shape index (κ2) is 6.81. The number of anilines is 2. The minimum atomic E-state index is -0.469. The number of hydrogen-bond acceptors (Lipinski definition) is 6. The molecule has 0 radical (unpaired) electrons. The van der Waals surface area contributed by atoms with Crippen LogP contribution in [-0.4, -0.2) is 48.4 Å². The highest BCUT2D eigenvalue weighted by Gasteiger charge is 2.31. The number of aromatic nitrogens is 2. The molecule has 1 aliphatic rings. The molecule has 2 heterocycles. The third kappa shape index (κ3) is 3.34. The number of nitrogens with zero attached hydrogens (tertiary/aromatic N) is 2. The Labute approximate surface area is 118 Å². The van der Waals surface area contributed by atoms with Gasteiger partial charge in [0.05, 0.1) is 0 Å². The Morgan fingerprint density at radius 3 is 2.70 bits per heavy atom. The van der Waals surface area contributed by atoms with Gasteiger partial charge in [-0.3, -0.25) is 0 Å². The predicted octanol–water partition coefficient (Wildman–Crippen LogP) is 0.821. The molecule has 112 valence electrons. The zero-order valence-electron chi connectivity index (χ0n) is 11.7. The van der Waals surface area contributed by atoms with Gasteiger partial charge in [-0.25, -0.2) is 9.97 Å². The molecule has 0 unspecified atom stereocenters. The van der Waals surface area contributed by atoms with Gasteiger partial charge in [-0.05, 0) is 37.8 Å². The number of piperidine rings is 1. The molecule has 4 N–H and O–H groups in total. The lowest BCUT2D eigenvalue weighted by Gasteiger charge is -2.37. The first-order valence-corrected chi connectivity index (χ1v) is 6.94. The van der Waals surface area contributed by atoms with Crippen molar-refractivity contribution in [2.75, 3.05) is 43.9 Å². The van der Waals surface area contributed by atoms with Crippen LogP contribution in [0.25, 0.3) is 0 Å². The van der Waals surface area contributed by atoms with Crippen molar-refractivity contribution in [2.24, 2.45) is 5.41 Å². The monoisotopic (exact) mass is 283 g/mol. The largest absolute Gasteiger partial charge is 0.396 e. The van der Waals surface area contributed by atoms with Crippen LogP contribution < -0.4 is 16.0 Å². The van der Waals surface area contributed by atoms with E-state index in [2.05, 4.69) is 25.9 Å². The highest BCUT2D eigenvalue weighted by molar-refractivity contribution is 5.48. The molecular formula is C13H22FN5O. The van der Waals surface area contributed by atoms with E-state index in [1.54, 1.807) is 7.05 Å². The number of aliphatic hydroxyl groups excluding tert-OH is 1. The van der Waals surface area contributed by atoms with E-state index >= 15 is 0 Å². The molecule has 0 amide bonds. The first-order chi connectivity index (χ1) is 9.71. The van der Waals surface area contributed by atoms with Crippen LogP contribution in [0.2, 0.25) is 0 Å². The van der Waals surface area contributed by atoms with Crippen molar-refractivity contribution in [1.82, 2.24) is 15.3 Å². The molecule has 1 fully saturated rings. The average Bonchev–Trinajstić information content (AvgIpc) is 2.47. The maximum Gasteiger partial charge on any atom is 0.207 e. The zero-order valence-corrected chi connectivity index (χ0v) is 11.7. The third-order valence-corrected chi connectivity index (χ3v) is 3.96. The average molecular weight is 283 g/mol. The fraction of sp³-hybridized carbons (Fsp3) is 0.692. The summed E-state index contributed by atoms with van der Waals surface area (Å²) in [5.74, 6) is -0.0766. The second-order valence-electron chi connectivity index (χ2n) is 5.21. The highest BCUT2D eigenvalue weighted by atomic mass is 19.1. The Hall–Kier alpha value is -1.47. The van der Waals surface area contributed by atoms with Crippen molar-refractivity contribution in [2.45, 2.75) is 19.3 Å². The smallest absolute Gasteiger partial charge is 0.207 e. The van der Waals surface area contributed by atoms with Crippen LogP contribution in [0, 0.1) is 11.2 Å². The van der Waals surface area contributed by atoms with E-state index < -0.39 is 5.82 Å². The van der Waals surface area contributed by atoms with Gasteiger partial charge in [-0.1, -0.05) is 0 Å². The zero-order chi connectivity index (χ0) is 14.4. The molecular weight excluding hydrogens is 261 g/mol. The summed E-state index contributed by atoms with van der Waals surface area (Å²) in [6, 6.07) is 0. The van der Waals surface area contributed by atoms with Crippen LogP contribution in [0.3, 0.4) is 0 Å². The molecule has 1 aromatic rings. The molecule has 20 heavy (non-hydrogen) atoms. The number of nitrogens with one attached hydrogen (secondary N) is 3. The molecule has 2 rings (SSSR count). The van der Waals surface area contributed by atoms with Crippen molar-refractivity contribution in [3.05, 3.63) is 12.1 Å². The predicted molar refractivity (Wildman–Crippen MR) is 76.3 cm³/mol. The van der Waals surface area contributed by atoms with Crippen LogP contribution in [0.5, 0.6) is 0 Å². The fourth-order valence-corrected chi connectivity index (χ4v) is 2.65. The molecule has 1 aliphatic heterocycles. The van der Waals surface area contributed by atoms with E-state index in [9.17, 15) is 9.50 Å². The molecule has 0 aromatic carbocycles. The van der Waals surface area contributed by atoms with Crippen molar-refractivity contribution < 1.29 is 9.50 Å². The molecule has 0 bridgehead atoms. The van der Waals surface area contributed by atoms with Crippen LogP contribution in [0.4, 0.5) is 16.0 Å². The summed E-state index contributed by atoms with van der Waals surface area (Å²) in [4.78, 5) is 7.77. The topological polar surface area (TPSA) is 82.1 Å². The Bertz CT molecular complexity index is 431. The standard InChI is InChI=1S/C13H22FN5O/c1-15-11-10(14)12(19-9-18-11)17-8-13(4-7-20)2-5-16-6-3-13/h9,16,20H,2-8H2,1H3,(H2,15,17,18,19). The van der Waals surface area contributed by atoms with Crippen molar-refractivity contribution in [3.63, 3.8) is 0 Å². The first-order valence-electron chi connectivity index (χ1n) is 6.94. The van der Waals surface area contributed by atoms with E-state index in [1.807, 2.05) is 0 Å². The summed E-state index contributed by atoms with van der Waals surface area (Å²) in [7, 11) is 1.62. The molecule has 0 spiro atoms. The van der Waals surface area contributed by atoms with E-state index in [0.717, 1.165) is 25.9 Å². The van der Waals surface area contributed by atoms with E-state index in [1.165, 1.54) is 6.33 Å². The Balaban J connectivity index is 2.05. The van der Waals surface area contributed by atoms with Gasteiger partial charge < -0.3 is 21.1 Å². The first kappa shape index (κ1) is 14.9. The maximum absolute atomic E-state index is 14.0. The molecule has 1 saturated heterocycles. The lowest BCUT2D eigenvalue weighted by Crippen LogP contribution is -2.42. The summed E-state index contributed by atoms with van der Waals surface area (Å²) in [5.41, 5.74) is -0.00278. The quantitative estimate of drug-likeness (QED) is 0.619. The van der Waals surface area contributed by atoms with Gasteiger partial charge in [0.25, 0.3) is 0 Å². The number of hydrogen-bond donors (Lipinski definition) is 4. The van der Waals surface area contributed by atoms with Gasteiger partial charge in [0.1, 0.15) is 6.33 Å². The number of aliphatic hydroxyl groups is 1. The Kier molecular flexibility index (Phi) is 5.08. The summed E-state index contributed by atoms with van der Waals surface area (Å²) in [6.45, 7) is 2.60. The van der Waals surface area contributed by atoms with Crippen LogP contribution in [0.1, 0.15) is 19.3 Å². The summed E-state index contributed by atoms with van der Waals surface area (Å²) in [5, 5.41) is 18.3. The lowest BCUT2D eigenvalue weighted by atomic mass is 9.76. The van der Waals surface area contributed by atoms with Crippen molar-refractivity contribution >= 4 is 11.6 Å². The van der Waals surface area contributed by atoms with Crippen LogP contribution in [0.15, 0.2) is 6.33 Å². The van der Waals surface area contributed by atoms with Crippen LogP contribution >= 0.6 is 0 Å². The maximum atomic E-state index is 14.0. The van der Waals surface area contributed by atoms with Gasteiger partial charge in [-0.2, -0.15) is 4.39 Å². The summed E-state index contributed by atoms with van der Waals surface area (Å²) >= 11 is 0. The minimum absolute atomic E-state index is 0.00278. The van der Waals surface area contributed by atoms with Gasteiger partial charge >= 0.3 is 0 Å². The van der Waals surface area contributed by atoms with Crippen LogP contribution in [-0.2, 0) is 0 Å². The van der Waals surface area contributed by atoms with Gasteiger partial charge in [0.15, 0.2) is 11.6 Å². The molecule has 0 aliphatic carbocycles. The molecule has 0 saturated carbocycles. The second-order valence-corrected chi connectivity index (χ2v) is 5.21. The summed E-state index contributed by atoms with van der Waals surface area (Å²) < 4.78 is 14.0. The normalized spacial score (nSPS) is 17.8. The Morgan fingerprint density at radius 2 is 2.05 bits per heavy atom. The van der Waals surface area contributed by atoms with Crippen molar-refractivity contribution in [3.8, 4) is 0 Å². The minimum Gasteiger partial charge on any atom is -0.396 e. The number of rotatable bonds is 6. The van der Waals surface area contributed by atoms with Gasteiger partial charge in [0.2, 0.25) is 5.82 Å². The fourth-order valence-electron chi connectivity index (χ4n) is 2.65. The van der Waals surface area contributed by atoms with E-state index in [0.29, 0.717) is 13.0 Å². The molecule has 0 atom stereocenters. The van der Waals surface area contributed by atoms with Gasteiger partial charge in [-0.15, -0.1) is 0 Å². The van der Waals surface area contributed by atoms with E-state index in [-0.39, 0.29) is 23.7 Å². The highest BCUT2D eigenvalue weighted by Crippen LogP contribution is 2.33. The molecule has 7 heteroatoms. The number of halogens is 1. The van der Waals surface area contributed by atoms with E-state index in [4.69, 9.17) is 0 Å². The van der Waals surface area contributed by atoms with Crippen molar-refractivity contribution in [1.29, 1.82) is 0 Å². The molecule has 6 nitrogen and oxygen atoms in total. The lowest BCUT2D eigenvalue weighted by molar-refractivity contribution is 0.149. The third-order valence-electron chi connectivity index (χ3n) is 3.96.